The van der Waals surface area contributed by atoms with Crippen molar-refractivity contribution in [3.63, 3.8) is 0 Å². The molecule has 3 nitrogen and oxygen atoms in total. The highest BCUT2D eigenvalue weighted by molar-refractivity contribution is 4.87. The van der Waals surface area contributed by atoms with E-state index in [-0.39, 0.29) is 0 Å². The fourth-order valence-electron chi connectivity index (χ4n) is 2.74. The molecule has 2 heterocycles. The van der Waals surface area contributed by atoms with Gasteiger partial charge in [-0.1, -0.05) is 0 Å². The zero-order valence-corrected chi connectivity index (χ0v) is 9.17. The molecule has 0 aromatic carbocycles. The molecule has 0 radical (unpaired) electrons. The van der Waals surface area contributed by atoms with E-state index in [4.69, 9.17) is 4.74 Å². The molecule has 2 saturated heterocycles. The first-order valence-corrected chi connectivity index (χ1v) is 5.85. The van der Waals surface area contributed by atoms with Gasteiger partial charge in [-0.2, -0.15) is 0 Å². The van der Waals surface area contributed by atoms with Crippen LogP contribution in [0.4, 0.5) is 0 Å². The van der Waals surface area contributed by atoms with E-state index in [1.165, 1.54) is 38.9 Å². The number of nitrogens with one attached hydrogen (secondary N) is 1. The Balaban J connectivity index is 1.77. The second kappa shape index (κ2) is 5.10. The van der Waals surface area contributed by atoms with Crippen LogP contribution in [0.25, 0.3) is 0 Å². The Morgan fingerprint density at radius 2 is 2.36 bits per heavy atom. The van der Waals surface area contributed by atoms with E-state index >= 15 is 0 Å². The summed E-state index contributed by atoms with van der Waals surface area (Å²) >= 11 is 0. The monoisotopic (exact) mass is 198 g/mol. The first-order chi connectivity index (χ1) is 6.90. The van der Waals surface area contributed by atoms with Crippen LogP contribution in [0.15, 0.2) is 0 Å². The van der Waals surface area contributed by atoms with Crippen molar-refractivity contribution in [2.45, 2.75) is 25.3 Å². The second-order valence-corrected chi connectivity index (χ2v) is 4.55. The third kappa shape index (κ3) is 2.47. The Kier molecular flexibility index (Phi) is 3.79. The van der Waals surface area contributed by atoms with Crippen LogP contribution in [0.3, 0.4) is 0 Å². The molecule has 2 unspecified atom stereocenters. The standard InChI is InChI=1S/C11H22N2O/c1-14-8-7-13-6-4-11-10(9-13)3-2-5-12-11/h10-12H,2-9H2,1H3. The maximum absolute atomic E-state index is 5.12. The van der Waals surface area contributed by atoms with Crippen molar-refractivity contribution < 1.29 is 4.74 Å². The molecular formula is C11H22N2O. The fraction of sp³-hybridized carbons (Fsp3) is 1.00. The highest BCUT2D eigenvalue weighted by atomic mass is 16.5. The number of piperidine rings is 2. The van der Waals surface area contributed by atoms with Crippen LogP contribution in [-0.2, 0) is 4.74 Å². The third-order valence-corrected chi connectivity index (χ3v) is 3.59. The van der Waals surface area contributed by atoms with Crippen LogP contribution in [0.2, 0.25) is 0 Å². The van der Waals surface area contributed by atoms with E-state index in [1.807, 2.05) is 0 Å². The van der Waals surface area contributed by atoms with Gasteiger partial charge in [0, 0.05) is 26.2 Å². The van der Waals surface area contributed by atoms with E-state index in [0.717, 1.165) is 25.1 Å². The first kappa shape index (κ1) is 10.4. The first-order valence-electron chi connectivity index (χ1n) is 5.85. The number of hydrogen-bond acceptors (Lipinski definition) is 3. The molecular weight excluding hydrogens is 176 g/mol. The number of methoxy groups -OCH3 is 1. The van der Waals surface area contributed by atoms with Crippen molar-refractivity contribution in [2.75, 3.05) is 39.9 Å². The molecule has 1 N–H and O–H groups in total. The summed E-state index contributed by atoms with van der Waals surface area (Å²) in [5.41, 5.74) is 0. The predicted octanol–water partition coefficient (Wildman–Crippen LogP) is 0.707. The van der Waals surface area contributed by atoms with E-state index in [0.29, 0.717) is 0 Å². The number of hydrogen-bond donors (Lipinski definition) is 1. The van der Waals surface area contributed by atoms with Crippen LogP contribution in [0.5, 0.6) is 0 Å². The summed E-state index contributed by atoms with van der Waals surface area (Å²) in [4.78, 5) is 2.55. The maximum atomic E-state index is 5.12. The van der Waals surface area contributed by atoms with Crippen molar-refractivity contribution in [1.82, 2.24) is 10.2 Å². The number of rotatable bonds is 3. The quantitative estimate of drug-likeness (QED) is 0.723. The largest absolute Gasteiger partial charge is 0.383 e. The average Bonchev–Trinajstić information content (AvgIpc) is 2.26. The van der Waals surface area contributed by atoms with Gasteiger partial charge in [-0.3, -0.25) is 0 Å². The van der Waals surface area contributed by atoms with E-state index in [9.17, 15) is 0 Å². The second-order valence-electron chi connectivity index (χ2n) is 4.55. The van der Waals surface area contributed by atoms with Crippen LogP contribution in [0.1, 0.15) is 19.3 Å². The smallest absolute Gasteiger partial charge is 0.0589 e. The number of ether oxygens (including phenoxy) is 1. The summed E-state index contributed by atoms with van der Waals surface area (Å²) in [6.07, 6.45) is 4.11. The van der Waals surface area contributed by atoms with Gasteiger partial charge in [-0.05, 0) is 38.3 Å². The van der Waals surface area contributed by atoms with Crippen LogP contribution in [0, 0.1) is 5.92 Å². The van der Waals surface area contributed by atoms with Crippen molar-refractivity contribution in [1.29, 1.82) is 0 Å². The van der Waals surface area contributed by atoms with Crippen LogP contribution >= 0.6 is 0 Å². The molecule has 3 heteroatoms. The van der Waals surface area contributed by atoms with Gasteiger partial charge < -0.3 is 15.0 Å². The van der Waals surface area contributed by atoms with Crippen molar-refractivity contribution in [3.8, 4) is 0 Å². The van der Waals surface area contributed by atoms with E-state index in [1.54, 1.807) is 7.11 Å². The Bertz CT molecular complexity index is 175. The molecule has 14 heavy (non-hydrogen) atoms. The van der Waals surface area contributed by atoms with Gasteiger partial charge in [0.05, 0.1) is 6.61 Å². The van der Waals surface area contributed by atoms with Gasteiger partial charge in [0.1, 0.15) is 0 Å². The van der Waals surface area contributed by atoms with Crippen LogP contribution < -0.4 is 5.32 Å². The van der Waals surface area contributed by atoms with Gasteiger partial charge in [0.2, 0.25) is 0 Å². The molecule has 0 aromatic heterocycles. The maximum Gasteiger partial charge on any atom is 0.0589 e. The average molecular weight is 198 g/mol. The number of likely N-dealkylation sites (tertiary alicyclic amines) is 1. The molecule has 0 aliphatic carbocycles. The van der Waals surface area contributed by atoms with Gasteiger partial charge in [-0.15, -0.1) is 0 Å². The molecule has 0 amide bonds. The Morgan fingerprint density at radius 3 is 3.21 bits per heavy atom. The third-order valence-electron chi connectivity index (χ3n) is 3.59. The minimum atomic E-state index is 0.808. The lowest BCUT2D eigenvalue weighted by molar-refractivity contribution is 0.0839. The SMILES string of the molecule is COCCN1CCC2NCCCC2C1. The van der Waals surface area contributed by atoms with E-state index < -0.39 is 0 Å². The Morgan fingerprint density at radius 1 is 1.43 bits per heavy atom. The summed E-state index contributed by atoms with van der Waals surface area (Å²) in [7, 11) is 1.79. The molecule has 0 bridgehead atoms. The van der Waals surface area contributed by atoms with Gasteiger partial charge >= 0.3 is 0 Å². The summed E-state index contributed by atoms with van der Waals surface area (Å²) in [5, 5.41) is 3.64. The zero-order valence-electron chi connectivity index (χ0n) is 9.17. The minimum Gasteiger partial charge on any atom is -0.383 e. The molecule has 0 spiro atoms. The summed E-state index contributed by atoms with van der Waals surface area (Å²) in [6.45, 7) is 5.75. The van der Waals surface area contributed by atoms with Gasteiger partial charge in [-0.25, -0.2) is 0 Å². The summed E-state index contributed by atoms with van der Waals surface area (Å²) in [6, 6.07) is 0.808. The highest BCUT2D eigenvalue weighted by Crippen LogP contribution is 2.24. The van der Waals surface area contributed by atoms with Crippen molar-refractivity contribution >= 4 is 0 Å². The number of nitrogens with zero attached hydrogens (tertiary/aromatic N) is 1. The van der Waals surface area contributed by atoms with Crippen molar-refractivity contribution in [2.24, 2.45) is 5.92 Å². The summed E-state index contributed by atoms with van der Waals surface area (Å²) < 4.78 is 5.12. The van der Waals surface area contributed by atoms with Gasteiger partial charge in [0.15, 0.2) is 0 Å². The molecule has 0 saturated carbocycles. The molecule has 2 fully saturated rings. The van der Waals surface area contributed by atoms with Crippen LogP contribution in [-0.4, -0.2) is 50.8 Å². The minimum absolute atomic E-state index is 0.808. The number of fused-ring (bicyclic) bond motifs is 1. The molecule has 2 aliphatic heterocycles. The molecule has 2 atom stereocenters. The fourth-order valence-corrected chi connectivity index (χ4v) is 2.74. The lowest BCUT2D eigenvalue weighted by Crippen LogP contribution is -2.52. The van der Waals surface area contributed by atoms with E-state index in [2.05, 4.69) is 10.2 Å². The predicted molar refractivity (Wildman–Crippen MR) is 57.4 cm³/mol. The summed E-state index contributed by atoms with van der Waals surface area (Å²) in [5.74, 6) is 0.898. The Labute approximate surface area is 86.8 Å². The van der Waals surface area contributed by atoms with Gasteiger partial charge in [0.25, 0.3) is 0 Å². The molecule has 2 aliphatic rings. The molecule has 2 rings (SSSR count). The normalized spacial score (nSPS) is 34.1. The lowest BCUT2D eigenvalue weighted by Gasteiger charge is -2.41. The highest BCUT2D eigenvalue weighted by Gasteiger charge is 2.30. The lowest BCUT2D eigenvalue weighted by atomic mass is 9.85. The Hall–Kier alpha value is -0.120. The molecule has 0 aromatic rings. The van der Waals surface area contributed by atoms with Crippen molar-refractivity contribution in [3.05, 3.63) is 0 Å². The molecule has 82 valence electrons. The zero-order chi connectivity index (χ0) is 9.80. The topological polar surface area (TPSA) is 24.5 Å².